The van der Waals surface area contributed by atoms with Gasteiger partial charge in [0.2, 0.25) is 0 Å². The average molecular weight is 278 g/mol. The standard InChI is InChI=1S/C12H14N4O2S/c1-9-4-2-5-10(8-9)16-19(17,18)11-6-3-7-14-12(11)15-13/h2-8,16H,13H2,1H3,(H,14,15). The van der Waals surface area contributed by atoms with Crippen LogP contribution in [-0.2, 0) is 10.0 Å². The Kier molecular flexibility index (Phi) is 3.68. The van der Waals surface area contributed by atoms with Crippen molar-refractivity contribution in [2.24, 2.45) is 5.84 Å². The molecule has 0 aliphatic rings. The molecule has 19 heavy (non-hydrogen) atoms. The Hall–Kier alpha value is -2.12. The lowest BCUT2D eigenvalue weighted by molar-refractivity contribution is 0.601. The van der Waals surface area contributed by atoms with Crippen molar-refractivity contribution in [1.82, 2.24) is 4.98 Å². The van der Waals surface area contributed by atoms with Crippen LogP contribution in [0.1, 0.15) is 5.56 Å². The Bertz CT molecular complexity index is 686. The number of nitrogen functional groups attached to an aromatic ring is 1. The second kappa shape index (κ2) is 5.25. The average Bonchev–Trinajstić information content (AvgIpc) is 2.38. The second-order valence-corrected chi connectivity index (χ2v) is 5.62. The molecule has 1 aromatic carbocycles. The predicted molar refractivity (Wildman–Crippen MR) is 74.0 cm³/mol. The van der Waals surface area contributed by atoms with Crippen LogP contribution in [0.15, 0.2) is 47.5 Å². The van der Waals surface area contributed by atoms with E-state index in [1.54, 1.807) is 18.2 Å². The molecular weight excluding hydrogens is 264 g/mol. The Balaban J connectivity index is 2.38. The predicted octanol–water partition coefficient (Wildman–Crippen LogP) is 1.48. The first-order chi connectivity index (χ1) is 9.03. The zero-order valence-electron chi connectivity index (χ0n) is 10.3. The summed E-state index contributed by atoms with van der Waals surface area (Å²) in [7, 11) is -3.73. The topological polar surface area (TPSA) is 97.1 Å². The van der Waals surface area contributed by atoms with E-state index in [1.165, 1.54) is 18.3 Å². The molecule has 0 aliphatic heterocycles. The van der Waals surface area contributed by atoms with Crippen LogP contribution < -0.4 is 16.0 Å². The number of hydrogen-bond acceptors (Lipinski definition) is 5. The van der Waals surface area contributed by atoms with Crippen molar-refractivity contribution in [3.05, 3.63) is 48.2 Å². The highest BCUT2D eigenvalue weighted by molar-refractivity contribution is 7.92. The Labute approximate surface area is 111 Å². The van der Waals surface area contributed by atoms with Crippen molar-refractivity contribution in [2.45, 2.75) is 11.8 Å². The number of rotatable bonds is 4. The maximum Gasteiger partial charge on any atom is 0.265 e. The Morgan fingerprint density at radius 1 is 1.21 bits per heavy atom. The summed E-state index contributed by atoms with van der Waals surface area (Å²) in [4.78, 5) is 3.87. The van der Waals surface area contributed by atoms with E-state index < -0.39 is 10.0 Å². The highest BCUT2D eigenvalue weighted by atomic mass is 32.2. The molecule has 1 aromatic heterocycles. The summed E-state index contributed by atoms with van der Waals surface area (Å²) in [6.07, 6.45) is 1.46. The fourth-order valence-electron chi connectivity index (χ4n) is 1.63. The van der Waals surface area contributed by atoms with Crippen LogP contribution >= 0.6 is 0 Å². The van der Waals surface area contributed by atoms with Gasteiger partial charge in [0, 0.05) is 11.9 Å². The van der Waals surface area contributed by atoms with Gasteiger partial charge < -0.3 is 5.43 Å². The molecule has 0 spiro atoms. The SMILES string of the molecule is Cc1cccc(NS(=O)(=O)c2cccnc2NN)c1. The number of anilines is 2. The third-order valence-electron chi connectivity index (χ3n) is 2.47. The van der Waals surface area contributed by atoms with Gasteiger partial charge in [-0.1, -0.05) is 12.1 Å². The van der Waals surface area contributed by atoms with Crippen molar-refractivity contribution in [2.75, 3.05) is 10.1 Å². The fourth-order valence-corrected chi connectivity index (χ4v) is 2.81. The summed E-state index contributed by atoms with van der Waals surface area (Å²) in [5, 5.41) is 0. The van der Waals surface area contributed by atoms with E-state index in [4.69, 9.17) is 5.84 Å². The largest absolute Gasteiger partial charge is 0.307 e. The normalized spacial score (nSPS) is 11.1. The Morgan fingerprint density at radius 2 is 2.00 bits per heavy atom. The van der Waals surface area contributed by atoms with Crippen LogP contribution in [0.5, 0.6) is 0 Å². The number of aromatic nitrogens is 1. The summed E-state index contributed by atoms with van der Waals surface area (Å²) in [6, 6.07) is 10.0. The van der Waals surface area contributed by atoms with Crippen LogP contribution in [0.2, 0.25) is 0 Å². The first-order valence-corrected chi connectivity index (χ1v) is 7.02. The van der Waals surface area contributed by atoms with Crippen molar-refractivity contribution in [3.63, 3.8) is 0 Å². The van der Waals surface area contributed by atoms with E-state index in [2.05, 4.69) is 15.1 Å². The zero-order valence-corrected chi connectivity index (χ0v) is 11.1. The number of nitrogens with one attached hydrogen (secondary N) is 2. The van der Waals surface area contributed by atoms with Gasteiger partial charge in [-0.05, 0) is 36.8 Å². The summed E-state index contributed by atoms with van der Waals surface area (Å²) < 4.78 is 27.0. The van der Waals surface area contributed by atoms with Gasteiger partial charge in [0.15, 0.2) is 5.82 Å². The lowest BCUT2D eigenvalue weighted by Gasteiger charge is -2.11. The van der Waals surface area contributed by atoms with Crippen molar-refractivity contribution < 1.29 is 8.42 Å². The van der Waals surface area contributed by atoms with Crippen molar-refractivity contribution in [3.8, 4) is 0 Å². The third-order valence-corrected chi connectivity index (χ3v) is 3.88. The summed E-state index contributed by atoms with van der Waals surface area (Å²) in [6.45, 7) is 1.88. The molecule has 0 bridgehead atoms. The van der Waals surface area contributed by atoms with Crippen molar-refractivity contribution in [1.29, 1.82) is 0 Å². The molecule has 0 unspecified atom stereocenters. The number of nitrogens with two attached hydrogens (primary N) is 1. The minimum atomic E-state index is -3.73. The maximum absolute atomic E-state index is 12.2. The molecule has 100 valence electrons. The second-order valence-electron chi connectivity index (χ2n) is 3.97. The first-order valence-electron chi connectivity index (χ1n) is 5.54. The molecule has 0 amide bonds. The number of pyridine rings is 1. The van der Waals surface area contributed by atoms with Crippen LogP contribution in [0, 0.1) is 6.92 Å². The monoisotopic (exact) mass is 278 g/mol. The van der Waals surface area contributed by atoms with Crippen LogP contribution in [-0.4, -0.2) is 13.4 Å². The third kappa shape index (κ3) is 3.01. The quantitative estimate of drug-likeness (QED) is 0.581. The summed E-state index contributed by atoms with van der Waals surface area (Å²) >= 11 is 0. The van der Waals surface area contributed by atoms with Gasteiger partial charge >= 0.3 is 0 Å². The van der Waals surface area contributed by atoms with E-state index in [-0.39, 0.29) is 10.7 Å². The van der Waals surface area contributed by atoms with Gasteiger partial charge in [-0.3, -0.25) is 4.72 Å². The maximum atomic E-state index is 12.2. The molecule has 0 aliphatic carbocycles. The minimum absolute atomic E-state index is 0.000920. The van der Waals surface area contributed by atoms with Gasteiger partial charge in [0.1, 0.15) is 4.90 Å². The molecular formula is C12H14N4O2S. The van der Waals surface area contributed by atoms with Crippen molar-refractivity contribution >= 4 is 21.5 Å². The lowest BCUT2D eigenvalue weighted by Crippen LogP contribution is -2.18. The van der Waals surface area contributed by atoms with Crippen LogP contribution in [0.25, 0.3) is 0 Å². The van der Waals surface area contributed by atoms with Crippen LogP contribution in [0.3, 0.4) is 0 Å². The van der Waals surface area contributed by atoms with Gasteiger partial charge in [0.05, 0.1) is 0 Å². The summed E-state index contributed by atoms with van der Waals surface area (Å²) in [5.74, 6) is 5.36. The smallest absolute Gasteiger partial charge is 0.265 e. The molecule has 2 rings (SSSR count). The number of aryl methyl sites for hydroxylation is 1. The van der Waals surface area contributed by atoms with E-state index >= 15 is 0 Å². The van der Waals surface area contributed by atoms with E-state index in [0.717, 1.165) is 5.56 Å². The number of nitrogens with zero attached hydrogens (tertiary/aromatic N) is 1. The van der Waals surface area contributed by atoms with E-state index in [0.29, 0.717) is 5.69 Å². The molecule has 2 aromatic rings. The van der Waals surface area contributed by atoms with Crippen LogP contribution in [0.4, 0.5) is 11.5 Å². The number of sulfonamides is 1. The summed E-state index contributed by atoms with van der Waals surface area (Å²) in [5.41, 5.74) is 3.72. The van der Waals surface area contributed by atoms with Gasteiger partial charge in [-0.2, -0.15) is 0 Å². The molecule has 0 atom stereocenters. The van der Waals surface area contributed by atoms with E-state index in [1.807, 2.05) is 13.0 Å². The number of benzene rings is 1. The molecule has 1 heterocycles. The molecule has 0 radical (unpaired) electrons. The molecule has 0 saturated heterocycles. The molecule has 0 saturated carbocycles. The number of hydrogen-bond donors (Lipinski definition) is 3. The number of hydrazine groups is 1. The highest BCUT2D eigenvalue weighted by Gasteiger charge is 2.18. The minimum Gasteiger partial charge on any atom is -0.307 e. The van der Waals surface area contributed by atoms with E-state index in [9.17, 15) is 8.42 Å². The fraction of sp³-hybridized carbons (Fsp3) is 0.0833. The van der Waals surface area contributed by atoms with Gasteiger partial charge in [0.25, 0.3) is 10.0 Å². The zero-order chi connectivity index (χ0) is 13.9. The first kappa shape index (κ1) is 13.3. The molecule has 6 nitrogen and oxygen atoms in total. The Morgan fingerprint density at radius 3 is 2.68 bits per heavy atom. The lowest BCUT2D eigenvalue weighted by atomic mass is 10.2. The molecule has 4 N–H and O–H groups in total. The highest BCUT2D eigenvalue weighted by Crippen LogP contribution is 2.21. The van der Waals surface area contributed by atoms with Gasteiger partial charge in [-0.15, -0.1) is 0 Å². The molecule has 0 fully saturated rings. The van der Waals surface area contributed by atoms with Gasteiger partial charge in [-0.25, -0.2) is 19.2 Å². The molecule has 7 heteroatoms.